The van der Waals surface area contributed by atoms with Crippen molar-refractivity contribution in [3.8, 4) is 0 Å². The zero-order valence-corrected chi connectivity index (χ0v) is 14.4. The molecule has 0 atom stereocenters. The minimum absolute atomic E-state index is 0.185. The van der Waals surface area contributed by atoms with Crippen molar-refractivity contribution in [1.29, 1.82) is 0 Å². The van der Waals surface area contributed by atoms with Gasteiger partial charge in [-0.3, -0.25) is 0 Å². The van der Waals surface area contributed by atoms with Gasteiger partial charge >= 0.3 is 0 Å². The highest BCUT2D eigenvalue weighted by Crippen LogP contribution is 2.27. The molecule has 2 N–H and O–H groups in total. The number of benzene rings is 1. The van der Waals surface area contributed by atoms with Crippen molar-refractivity contribution < 1.29 is 5.11 Å². The first-order chi connectivity index (χ1) is 9.58. The molecule has 0 aliphatic heterocycles. The van der Waals surface area contributed by atoms with Crippen molar-refractivity contribution in [3.05, 3.63) is 28.2 Å². The summed E-state index contributed by atoms with van der Waals surface area (Å²) in [6.45, 7) is 10.3. The third-order valence-electron chi connectivity index (χ3n) is 3.10. The van der Waals surface area contributed by atoms with Gasteiger partial charge in [-0.1, -0.05) is 26.8 Å². The summed E-state index contributed by atoms with van der Waals surface area (Å²) < 4.78 is 1.10. The van der Waals surface area contributed by atoms with Gasteiger partial charge in [-0.25, -0.2) is 0 Å². The Morgan fingerprint density at radius 3 is 2.60 bits per heavy atom. The molecule has 0 fully saturated rings. The third kappa shape index (κ3) is 5.81. The van der Waals surface area contributed by atoms with Crippen LogP contribution in [0.5, 0.6) is 0 Å². The Balaban J connectivity index is 2.70. The van der Waals surface area contributed by atoms with Crippen LogP contribution in [0.3, 0.4) is 0 Å². The van der Waals surface area contributed by atoms with E-state index in [4.69, 9.17) is 0 Å². The molecule has 114 valence electrons. The number of aliphatic hydroxyl groups is 1. The normalized spacial score (nSPS) is 11.1. The second kappa shape index (κ2) is 9.37. The van der Waals surface area contributed by atoms with Gasteiger partial charge in [0.2, 0.25) is 0 Å². The lowest BCUT2D eigenvalue weighted by Crippen LogP contribution is -2.27. The zero-order chi connectivity index (χ0) is 15.0. The summed E-state index contributed by atoms with van der Waals surface area (Å²) in [6, 6.07) is 6.47. The molecule has 0 spiro atoms. The molecule has 0 heterocycles. The van der Waals surface area contributed by atoms with Crippen LogP contribution in [0.2, 0.25) is 0 Å². The molecular formula is C16H27BrN2O. The van der Waals surface area contributed by atoms with E-state index in [-0.39, 0.29) is 6.61 Å². The topological polar surface area (TPSA) is 35.5 Å². The van der Waals surface area contributed by atoms with Crippen LogP contribution in [0.25, 0.3) is 0 Å². The van der Waals surface area contributed by atoms with E-state index < -0.39 is 0 Å². The maximum absolute atomic E-state index is 9.17. The molecule has 0 radical (unpaired) electrons. The van der Waals surface area contributed by atoms with E-state index in [9.17, 15) is 5.11 Å². The quantitative estimate of drug-likeness (QED) is 0.721. The molecule has 3 nitrogen and oxygen atoms in total. The third-order valence-corrected chi connectivity index (χ3v) is 3.73. The van der Waals surface area contributed by atoms with E-state index >= 15 is 0 Å². The molecule has 1 aromatic carbocycles. The molecule has 0 aliphatic rings. The fourth-order valence-electron chi connectivity index (χ4n) is 2.17. The van der Waals surface area contributed by atoms with Gasteiger partial charge in [-0.15, -0.1) is 0 Å². The molecule has 4 heteroatoms. The SMILES string of the molecule is CCCN(CCO)c1ccc(CNCC(C)C)cc1Br. The molecule has 20 heavy (non-hydrogen) atoms. The Hall–Kier alpha value is -0.580. The molecule has 0 bridgehead atoms. The van der Waals surface area contributed by atoms with Crippen molar-refractivity contribution in [3.63, 3.8) is 0 Å². The number of nitrogens with one attached hydrogen (secondary N) is 1. The fourth-order valence-corrected chi connectivity index (χ4v) is 2.84. The van der Waals surface area contributed by atoms with E-state index in [1.807, 2.05) is 0 Å². The number of nitrogens with zero attached hydrogens (tertiary/aromatic N) is 1. The summed E-state index contributed by atoms with van der Waals surface area (Å²) in [7, 11) is 0. The first-order valence-electron chi connectivity index (χ1n) is 7.43. The van der Waals surface area contributed by atoms with Gasteiger partial charge in [0.05, 0.1) is 12.3 Å². The predicted molar refractivity (Wildman–Crippen MR) is 90.3 cm³/mol. The van der Waals surface area contributed by atoms with Crippen LogP contribution in [-0.4, -0.2) is 31.3 Å². The summed E-state index contributed by atoms with van der Waals surface area (Å²) >= 11 is 3.66. The molecule has 0 amide bonds. The van der Waals surface area contributed by atoms with Crippen molar-refractivity contribution in [2.24, 2.45) is 5.92 Å². The Labute approximate surface area is 131 Å². The fraction of sp³-hybridized carbons (Fsp3) is 0.625. The van der Waals surface area contributed by atoms with Gasteiger partial charge in [0, 0.05) is 24.1 Å². The summed E-state index contributed by atoms with van der Waals surface area (Å²) in [5.41, 5.74) is 2.44. The summed E-state index contributed by atoms with van der Waals surface area (Å²) in [6.07, 6.45) is 1.07. The van der Waals surface area contributed by atoms with Crippen molar-refractivity contribution in [2.45, 2.75) is 33.7 Å². The molecule has 0 saturated heterocycles. The molecular weight excluding hydrogens is 316 g/mol. The van der Waals surface area contributed by atoms with E-state index in [1.165, 1.54) is 5.56 Å². The standard InChI is InChI=1S/C16H27BrN2O/c1-4-7-19(8-9-20)16-6-5-14(10-15(16)17)12-18-11-13(2)3/h5-6,10,13,18,20H,4,7-9,11-12H2,1-3H3. The minimum atomic E-state index is 0.185. The Morgan fingerprint density at radius 2 is 2.05 bits per heavy atom. The Kier molecular flexibility index (Phi) is 8.19. The molecule has 0 aromatic heterocycles. The van der Waals surface area contributed by atoms with Crippen LogP contribution < -0.4 is 10.2 Å². The Morgan fingerprint density at radius 1 is 1.30 bits per heavy atom. The highest BCUT2D eigenvalue weighted by Gasteiger charge is 2.09. The molecule has 0 saturated carbocycles. The average molecular weight is 343 g/mol. The number of hydrogen-bond acceptors (Lipinski definition) is 3. The van der Waals surface area contributed by atoms with Gasteiger partial charge in [0.1, 0.15) is 0 Å². The second-order valence-electron chi connectivity index (χ2n) is 5.52. The van der Waals surface area contributed by atoms with E-state index in [2.05, 4.69) is 65.1 Å². The monoisotopic (exact) mass is 342 g/mol. The smallest absolute Gasteiger partial charge is 0.0606 e. The number of rotatable bonds is 9. The lowest BCUT2D eigenvalue weighted by molar-refractivity contribution is 0.302. The van der Waals surface area contributed by atoms with Crippen LogP contribution in [0, 0.1) is 5.92 Å². The number of hydrogen-bond donors (Lipinski definition) is 2. The van der Waals surface area contributed by atoms with E-state index in [1.54, 1.807) is 0 Å². The molecule has 1 rings (SSSR count). The summed E-state index contributed by atoms with van der Waals surface area (Å²) in [5.74, 6) is 0.669. The van der Waals surface area contributed by atoms with Crippen LogP contribution >= 0.6 is 15.9 Å². The second-order valence-corrected chi connectivity index (χ2v) is 6.38. The number of aliphatic hydroxyl groups excluding tert-OH is 1. The summed E-state index contributed by atoms with van der Waals surface area (Å²) in [5, 5.41) is 12.6. The zero-order valence-electron chi connectivity index (χ0n) is 12.8. The van der Waals surface area contributed by atoms with Crippen LogP contribution in [0.15, 0.2) is 22.7 Å². The molecule has 0 aliphatic carbocycles. The molecule has 0 unspecified atom stereocenters. The van der Waals surface area contributed by atoms with Crippen LogP contribution in [0.4, 0.5) is 5.69 Å². The van der Waals surface area contributed by atoms with Gasteiger partial charge in [-0.2, -0.15) is 0 Å². The Bertz CT molecular complexity index is 390. The van der Waals surface area contributed by atoms with E-state index in [0.717, 1.165) is 36.2 Å². The number of halogens is 1. The minimum Gasteiger partial charge on any atom is -0.395 e. The average Bonchev–Trinajstić information content (AvgIpc) is 2.38. The van der Waals surface area contributed by atoms with E-state index in [0.29, 0.717) is 12.5 Å². The first-order valence-corrected chi connectivity index (χ1v) is 8.22. The van der Waals surface area contributed by atoms with Crippen molar-refractivity contribution in [2.75, 3.05) is 31.1 Å². The van der Waals surface area contributed by atoms with Crippen molar-refractivity contribution in [1.82, 2.24) is 5.32 Å². The largest absolute Gasteiger partial charge is 0.395 e. The highest BCUT2D eigenvalue weighted by atomic mass is 79.9. The van der Waals surface area contributed by atoms with Crippen LogP contribution in [0.1, 0.15) is 32.8 Å². The van der Waals surface area contributed by atoms with Gasteiger partial charge in [0.15, 0.2) is 0 Å². The predicted octanol–water partition coefficient (Wildman–Crippen LogP) is 3.40. The van der Waals surface area contributed by atoms with Crippen LogP contribution in [-0.2, 0) is 6.54 Å². The van der Waals surface area contributed by atoms with Gasteiger partial charge in [0.25, 0.3) is 0 Å². The first kappa shape index (κ1) is 17.5. The van der Waals surface area contributed by atoms with Crippen molar-refractivity contribution >= 4 is 21.6 Å². The lowest BCUT2D eigenvalue weighted by Gasteiger charge is -2.25. The van der Waals surface area contributed by atoms with Gasteiger partial charge < -0.3 is 15.3 Å². The maximum Gasteiger partial charge on any atom is 0.0606 e. The lowest BCUT2D eigenvalue weighted by atomic mass is 10.1. The summed E-state index contributed by atoms with van der Waals surface area (Å²) in [4.78, 5) is 2.22. The number of anilines is 1. The van der Waals surface area contributed by atoms with Gasteiger partial charge in [-0.05, 0) is 52.5 Å². The maximum atomic E-state index is 9.17. The highest BCUT2D eigenvalue weighted by molar-refractivity contribution is 9.10. The molecule has 1 aromatic rings.